The third-order valence-corrected chi connectivity index (χ3v) is 6.34. The van der Waals surface area contributed by atoms with E-state index in [2.05, 4.69) is 20.7 Å². The summed E-state index contributed by atoms with van der Waals surface area (Å²) in [5, 5.41) is 8.86. The van der Waals surface area contributed by atoms with Crippen molar-refractivity contribution in [3.05, 3.63) is 28.2 Å². The fraction of sp³-hybridized carbons (Fsp3) is 0.417. The molecule has 0 saturated heterocycles. The molecular weight excluding hydrogens is 366 g/mol. The third kappa shape index (κ3) is 4.47. The summed E-state index contributed by atoms with van der Waals surface area (Å²) in [6, 6.07) is 3.82. The van der Waals surface area contributed by atoms with Crippen molar-refractivity contribution in [1.29, 1.82) is 0 Å². The molecule has 1 rings (SSSR count). The van der Waals surface area contributed by atoms with Gasteiger partial charge in [0.2, 0.25) is 10.0 Å². The standard InChI is InChI=1S/C12H16BrNO4S2/c1-12(2,19-3)7-14-20(17,18)10-5-4-8(11(15)16)6-9(10)13/h4-6,14H,7H2,1-3H3,(H,15,16). The van der Waals surface area contributed by atoms with Crippen molar-refractivity contribution >= 4 is 43.7 Å². The molecule has 2 N–H and O–H groups in total. The Hall–Kier alpha value is -0.570. The van der Waals surface area contributed by atoms with Gasteiger partial charge in [-0.25, -0.2) is 17.9 Å². The Bertz CT molecular complexity index is 614. The van der Waals surface area contributed by atoms with E-state index in [4.69, 9.17) is 5.11 Å². The van der Waals surface area contributed by atoms with Crippen molar-refractivity contribution in [3.8, 4) is 0 Å². The van der Waals surface area contributed by atoms with Gasteiger partial charge in [-0.15, -0.1) is 0 Å². The number of carboxylic acids is 1. The number of benzene rings is 1. The number of carbonyl (C=O) groups is 1. The van der Waals surface area contributed by atoms with Crippen LogP contribution < -0.4 is 4.72 Å². The van der Waals surface area contributed by atoms with Crippen molar-refractivity contribution in [2.45, 2.75) is 23.5 Å². The lowest BCUT2D eigenvalue weighted by molar-refractivity contribution is 0.0696. The molecule has 0 saturated carbocycles. The first-order chi connectivity index (χ1) is 9.09. The van der Waals surface area contributed by atoms with Gasteiger partial charge in [0.1, 0.15) is 0 Å². The summed E-state index contributed by atoms with van der Waals surface area (Å²) in [5.74, 6) is -1.11. The maximum absolute atomic E-state index is 12.2. The predicted molar refractivity (Wildman–Crippen MR) is 83.9 cm³/mol. The van der Waals surface area contributed by atoms with Gasteiger partial charge in [-0.05, 0) is 54.2 Å². The van der Waals surface area contributed by atoms with Crippen LogP contribution >= 0.6 is 27.7 Å². The van der Waals surface area contributed by atoms with Gasteiger partial charge in [-0.1, -0.05) is 0 Å². The van der Waals surface area contributed by atoms with E-state index in [1.807, 2.05) is 20.1 Å². The van der Waals surface area contributed by atoms with Gasteiger partial charge < -0.3 is 5.11 Å². The number of thioether (sulfide) groups is 1. The van der Waals surface area contributed by atoms with Crippen LogP contribution in [0.5, 0.6) is 0 Å². The largest absolute Gasteiger partial charge is 0.478 e. The summed E-state index contributed by atoms with van der Waals surface area (Å²) in [7, 11) is -3.68. The molecule has 112 valence electrons. The zero-order valence-corrected chi connectivity index (χ0v) is 14.5. The molecule has 1 aromatic carbocycles. The molecule has 0 unspecified atom stereocenters. The Morgan fingerprint density at radius 1 is 1.45 bits per heavy atom. The summed E-state index contributed by atoms with van der Waals surface area (Å²) >= 11 is 4.66. The Morgan fingerprint density at radius 2 is 2.05 bits per heavy atom. The minimum atomic E-state index is -3.68. The summed E-state index contributed by atoms with van der Waals surface area (Å²) < 4.78 is 26.9. The van der Waals surface area contributed by atoms with Crippen LogP contribution in [-0.2, 0) is 10.0 Å². The topological polar surface area (TPSA) is 83.5 Å². The van der Waals surface area contributed by atoms with Gasteiger partial charge >= 0.3 is 5.97 Å². The number of aromatic carboxylic acids is 1. The van der Waals surface area contributed by atoms with Crippen LogP contribution in [0.3, 0.4) is 0 Å². The third-order valence-electron chi connectivity index (χ3n) is 2.71. The molecule has 0 fully saturated rings. The first kappa shape index (κ1) is 17.5. The molecule has 0 aliphatic heterocycles. The average Bonchev–Trinajstić information content (AvgIpc) is 2.36. The zero-order chi connectivity index (χ0) is 15.6. The molecule has 0 amide bonds. The molecule has 0 aliphatic carbocycles. The molecular formula is C12H16BrNO4S2. The van der Waals surface area contributed by atoms with Crippen LogP contribution in [0.4, 0.5) is 0 Å². The van der Waals surface area contributed by atoms with Gasteiger partial charge in [-0.2, -0.15) is 11.8 Å². The summed E-state index contributed by atoms with van der Waals surface area (Å²) in [6.45, 7) is 4.15. The van der Waals surface area contributed by atoms with E-state index >= 15 is 0 Å². The number of rotatable bonds is 6. The van der Waals surface area contributed by atoms with Crippen molar-refractivity contribution in [3.63, 3.8) is 0 Å². The fourth-order valence-corrected chi connectivity index (χ4v) is 3.87. The highest BCUT2D eigenvalue weighted by molar-refractivity contribution is 9.10. The Labute approximate surface area is 131 Å². The van der Waals surface area contributed by atoms with Crippen molar-refractivity contribution in [2.75, 3.05) is 12.8 Å². The lowest BCUT2D eigenvalue weighted by Crippen LogP contribution is -2.36. The smallest absolute Gasteiger partial charge is 0.335 e. The van der Waals surface area contributed by atoms with E-state index in [1.54, 1.807) is 11.8 Å². The Morgan fingerprint density at radius 3 is 2.50 bits per heavy atom. The Kier molecular flexibility index (Phi) is 5.65. The number of hydrogen-bond acceptors (Lipinski definition) is 4. The van der Waals surface area contributed by atoms with E-state index in [1.165, 1.54) is 18.2 Å². The molecule has 0 atom stereocenters. The normalized spacial score (nSPS) is 12.4. The summed E-state index contributed by atoms with van der Waals surface area (Å²) in [6.07, 6.45) is 1.91. The van der Waals surface area contributed by atoms with E-state index in [0.29, 0.717) is 0 Å². The van der Waals surface area contributed by atoms with E-state index in [0.717, 1.165) is 0 Å². The minimum Gasteiger partial charge on any atom is -0.478 e. The van der Waals surface area contributed by atoms with Crippen LogP contribution in [-0.4, -0.2) is 37.0 Å². The predicted octanol–water partition coefficient (Wildman–Crippen LogP) is 2.57. The molecule has 5 nitrogen and oxygen atoms in total. The first-order valence-corrected chi connectivity index (χ1v) is 9.17. The molecule has 1 aromatic rings. The molecule has 0 radical (unpaired) electrons. The number of hydrogen-bond donors (Lipinski definition) is 2. The van der Waals surface area contributed by atoms with Crippen LogP contribution in [0.1, 0.15) is 24.2 Å². The highest BCUT2D eigenvalue weighted by Gasteiger charge is 2.23. The molecule has 0 aromatic heterocycles. The molecule has 0 spiro atoms. The minimum absolute atomic E-state index is 0.0272. The second-order valence-electron chi connectivity index (χ2n) is 4.74. The van der Waals surface area contributed by atoms with Crippen molar-refractivity contribution in [1.82, 2.24) is 4.72 Å². The maximum atomic E-state index is 12.2. The highest BCUT2D eigenvalue weighted by Crippen LogP contribution is 2.25. The van der Waals surface area contributed by atoms with Crippen LogP contribution in [0.2, 0.25) is 0 Å². The van der Waals surface area contributed by atoms with Gasteiger partial charge in [-0.3, -0.25) is 0 Å². The van der Waals surface area contributed by atoms with Gasteiger partial charge in [0, 0.05) is 15.8 Å². The second-order valence-corrected chi connectivity index (χ2v) is 8.84. The summed E-state index contributed by atoms with van der Waals surface area (Å²) in [4.78, 5) is 10.8. The first-order valence-electron chi connectivity index (χ1n) is 5.67. The molecule has 0 heterocycles. The molecule has 0 aliphatic rings. The number of sulfonamides is 1. The average molecular weight is 382 g/mol. The molecule has 8 heteroatoms. The number of carboxylic acid groups (broad SMARTS) is 1. The van der Waals surface area contributed by atoms with Crippen molar-refractivity contribution in [2.24, 2.45) is 0 Å². The molecule has 0 bridgehead atoms. The number of nitrogens with one attached hydrogen (secondary N) is 1. The zero-order valence-electron chi connectivity index (χ0n) is 11.3. The Balaban J connectivity index is 3.02. The van der Waals surface area contributed by atoms with Gasteiger partial charge in [0.25, 0.3) is 0 Å². The number of halogens is 1. The summed E-state index contributed by atoms with van der Waals surface area (Å²) in [5.41, 5.74) is 0.0280. The van der Waals surface area contributed by atoms with E-state index in [9.17, 15) is 13.2 Å². The lowest BCUT2D eigenvalue weighted by atomic mass is 10.2. The SMILES string of the molecule is CSC(C)(C)CNS(=O)(=O)c1ccc(C(=O)O)cc1Br. The van der Waals surface area contributed by atoms with E-state index < -0.39 is 16.0 Å². The van der Waals surface area contributed by atoms with E-state index in [-0.39, 0.29) is 26.2 Å². The van der Waals surface area contributed by atoms with Crippen LogP contribution in [0.15, 0.2) is 27.6 Å². The lowest BCUT2D eigenvalue weighted by Gasteiger charge is -2.22. The van der Waals surface area contributed by atoms with Crippen molar-refractivity contribution < 1.29 is 18.3 Å². The second kappa shape index (κ2) is 6.46. The van der Waals surface area contributed by atoms with Gasteiger partial charge in [0.15, 0.2) is 0 Å². The molecule has 20 heavy (non-hydrogen) atoms. The monoisotopic (exact) mass is 381 g/mol. The fourth-order valence-electron chi connectivity index (χ4n) is 1.27. The maximum Gasteiger partial charge on any atom is 0.335 e. The van der Waals surface area contributed by atoms with Gasteiger partial charge in [0.05, 0.1) is 10.5 Å². The van der Waals surface area contributed by atoms with Crippen LogP contribution in [0.25, 0.3) is 0 Å². The highest BCUT2D eigenvalue weighted by atomic mass is 79.9. The quantitative estimate of drug-likeness (QED) is 0.790. The van der Waals surface area contributed by atoms with Crippen LogP contribution in [0, 0.1) is 0 Å².